The van der Waals surface area contributed by atoms with E-state index in [-0.39, 0.29) is 24.8 Å². The van der Waals surface area contributed by atoms with Gasteiger partial charge >= 0.3 is 0 Å². The number of hydrogen-bond acceptors (Lipinski definition) is 5. The number of carbonyl (C=O) groups excluding carboxylic acids is 2. The molecule has 0 fully saturated rings. The van der Waals surface area contributed by atoms with Crippen LogP contribution < -0.4 is 5.32 Å². The van der Waals surface area contributed by atoms with E-state index in [1.807, 2.05) is 43.5 Å². The van der Waals surface area contributed by atoms with Gasteiger partial charge in [-0.3, -0.25) is 24.4 Å². The molecule has 0 saturated heterocycles. The van der Waals surface area contributed by atoms with E-state index in [9.17, 15) is 9.59 Å². The van der Waals surface area contributed by atoms with E-state index in [0.29, 0.717) is 0 Å². The highest BCUT2D eigenvalue weighted by molar-refractivity contribution is 7.98. The van der Waals surface area contributed by atoms with Crippen LogP contribution in [0.2, 0.25) is 0 Å². The normalized spacial score (nSPS) is 19.3. The Morgan fingerprint density at radius 1 is 1.20 bits per heavy atom. The van der Waals surface area contributed by atoms with Crippen molar-refractivity contribution in [1.29, 1.82) is 0 Å². The molecule has 156 valence electrons. The van der Waals surface area contributed by atoms with Crippen LogP contribution in [0.4, 0.5) is 5.69 Å². The number of carbonyl (C=O) groups is 2. The lowest BCUT2D eigenvalue weighted by atomic mass is 10.00. The molecule has 1 N–H and O–H groups in total. The van der Waals surface area contributed by atoms with Gasteiger partial charge in [0.05, 0.1) is 6.42 Å². The lowest BCUT2D eigenvalue weighted by molar-refractivity contribution is -0.141. The van der Waals surface area contributed by atoms with Crippen LogP contribution in [0.5, 0.6) is 0 Å². The van der Waals surface area contributed by atoms with Crippen LogP contribution in [0.15, 0.2) is 58.4 Å². The predicted octanol–water partition coefficient (Wildman–Crippen LogP) is 3.38. The molecule has 2 aromatic rings. The monoisotopic (exact) mass is 422 g/mol. The first kappa shape index (κ1) is 20.6. The summed E-state index contributed by atoms with van der Waals surface area (Å²) in [4.78, 5) is 35.2. The first-order valence-electron chi connectivity index (χ1n) is 10.1. The highest BCUT2D eigenvalue weighted by Crippen LogP contribution is 2.25. The molecule has 2 aliphatic rings. The molecule has 2 amide bonds. The molecule has 0 aromatic heterocycles. The van der Waals surface area contributed by atoms with E-state index in [0.717, 1.165) is 35.8 Å². The van der Waals surface area contributed by atoms with Crippen molar-refractivity contribution < 1.29 is 9.59 Å². The third kappa shape index (κ3) is 4.57. The third-order valence-electron chi connectivity index (χ3n) is 5.50. The summed E-state index contributed by atoms with van der Waals surface area (Å²) < 4.78 is 0. The SMILES string of the molecule is CSc1cccc(NC(=O)CN2C(=O)CC(C)=NC2N2CCc3ccccc3C2)c1. The Balaban J connectivity index is 1.50. The molecule has 6 nitrogen and oxygen atoms in total. The van der Waals surface area contributed by atoms with Crippen molar-refractivity contribution in [2.45, 2.75) is 37.5 Å². The Bertz CT molecular complexity index is 991. The van der Waals surface area contributed by atoms with Crippen molar-refractivity contribution in [3.8, 4) is 0 Å². The van der Waals surface area contributed by atoms with Gasteiger partial charge in [0.1, 0.15) is 6.54 Å². The maximum Gasteiger partial charge on any atom is 0.244 e. The molecule has 0 bridgehead atoms. The average Bonchev–Trinajstić information content (AvgIpc) is 2.75. The van der Waals surface area contributed by atoms with Crippen LogP contribution >= 0.6 is 11.8 Å². The summed E-state index contributed by atoms with van der Waals surface area (Å²) in [5.74, 6) is -0.266. The van der Waals surface area contributed by atoms with E-state index in [1.54, 1.807) is 16.7 Å². The van der Waals surface area contributed by atoms with Gasteiger partial charge in [0.2, 0.25) is 11.8 Å². The number of benzene rings is 2. The van der Waals surface area contributed by atoms with E-state index >= 15 is 0 Å². The van der Waals surface area contributed by atoms with Crippen molar-refractivity contribution in [3.05, 3.63) is 59.7 Å². The number of hydrogen-bond donors (Lipinski definition) is 1. The smallest absolute Gasteiger partial charge is 0.244 e. The molecule has 1 atom stereocenters. The fourth-order valence-electron chi connectivity index (χ4n) is 3.98. The second-order valence-electron chi connectivity index (χ2n) is 7.68. The van der Waals surface area contributed by atoms with Crippen molar-refractivity contribution in [3.63, 3.8) is 0 Å². The van der Waals surface area contributed by atoms with Gasteiger partial charge in [-0.15, -0.1) is 11.8 Å². The molecule has 7 heteroatoms. The maximum absolute atomic E-state index is 12.8. The van der Waals surface area contributed by atoms with Gasteiger partial charge in [0.15, 0.2) is 6.29 Å². The summed E-state index contributed by atoms with van der Waals surface area (Å²) in [6.07, 6.45) is 2.73. The van der Waals surface area contributed by atoms with Gasteiger partial charge in [0, 0.05) is 29.4 Å². The number of amides is 2. The van der Waals surface area contributed by atoms with E-state index < -0.39 is 6.29 Å². The molecule has 2 aliphatic heterocycles. The van der Waals surface area contributed by atoms with Crippen LogP contribution in [0.25, 0.3) is 0 Å². The molecule has 2 aromatic carbocycles. The highest BCUT2D eigenvalue weighted by Gasteiger charge is 2.35. The first-order valence-corrected chi connectivity index (χ1v) is 11.3. The number of rotatable bonds is 5. The zero-order chi connectivity index (χ0) is 21.1. The topological polar surface area (TPSA) is 65.0 Å². The molecule has 1 unspecified atom stereocenters. The second kappa shape index (κ2) is 9.02. The minimum absolute atomic E-state index is 0.0120. The molecular formula is C23H26N4O2S. The maximum atomic E-state index is 12.8. The molecule has 2 heterocycles. The minimum atomic E-state index is -0.442. The van der Waals surface area contributed by atoms with Gasteiger partial charge < -0.3 is 5.32 Å². The lowest BCUT2D eigenvalue weighted by Gasteiger charge is -2.41. The number of aliphatic imine (C=N–C) groups is 1. The van der Waals surface area contributed by atoms with Crippen LogP contribution in [0, 0.1) is 0 Å². The van der Waals surface area contributed by atoms with Crippen molar-refractivity contribution in [2.24, 2.45) is 4.99 Å². The summed E-state index contributed by atoms with van der Waals surface area (Å²) in [5.41, 5.74) is 4.15. The zero-order valence-corrected chi connectivity index (χ0v) is 18.1. The number of nitrogens with one attached hydrogen (secondary N) is 1. The Labute approximate surface area is 181 Å². The Kier molecular flexibility index (Phi) is 6.20. The summed E-state index contributed by atoms with van der Waals surface area (Å²) in [6.45, 7) is 3.40. The zero-order valence-electron chi connectivity index (χ0n) is 17.3. The minimum Gasteiger partial charge on any atom is -0.325 e. The van der Waals surface area contributed by atoms with Gasteiger partial charge in [-0.25, -0.2) is 0 Å². The van der Waals surface area contributed by atoms with Crippen LogP contribution in [-0.2, 0) is 22.6 Å². The van der Waals surface area contributed by atoms with E-state index in [1.165, 1.54) is 11.1 Å². The Hall–Kier alpha value is -2.64. The van der Waals surface area contributed by atoms with Gasteiger partial charge in [-0.2, -0.15) is 0 Å². The number of thioether (sulfide) groups is 1. The first-order chi connectivity index (χ1) is 14.5. The van der Waals surface area contributed by atoms with Gasteiger partial charge in [-0.1, -0.05) is 30.3 Å². The Morgan fingerprint density at radius 3 is 2.80 bits per heavy atom. The van der Waals surface area contributed by atoms with Crippen molar-refractivity contribution >= 4 is 35.0 Å². The fourth-order valence-corrected chi connectivity index (χ4v) is 4.44. The fraction of sp³-hybridized carbons (Fsp3) is 0.348. The van der Waals surface area contributed by atoms with Crippen molar-refractivity contribution in [2.75, 3.05) is 24.7 Å². The lowest BCUT2D eigenvalue weighted by Crippen LogP contribution is -2.56. The quantitative estimate of drug-likeness (QED) is 0.751. The van der Waals surface area contributed by atoms with Gasteiger partial charge in [0.25, 0.3) is 0 Å². The largest absolute Gasteiger partial charge is 0.325 e. The van der Waals surface area contributed by atoms with Crippen molar-refractivity contribution in [1.82, 2.24) is 9.80 Å². The summed E-state index contributed by atoms with van der Waals surface area (Å²) in [6, 6.07) is 16.1. The molecule has 0 saturated carbocycles. The standard InChI is InChI=1S/C23H26N4O2S/c1-16-12-22(29)27(15-21(28)25-19-8-5-9-20(13-19)30-2)23(24-16)26-11-10-17-6-3-4-7-18(17)14-26/h3-9,13,23H,10-12,14-15H2,1-2H3,(H,25,28). The number of anilines is 1. The van der Waals surface area contributed by atoms with Crippen LogP contribution in [-0.4, -0.2) is 53.0 Å². The molecule has 0 radical (unpaired) electrons. The average molecular weight is 423 g/mol. The molecule has 4 rings (SSSR count). The van der Waals surface area contributed by atoms with Gasteiger partial charge in [-0.05, 0) is 48.9 Å². The number of fused-ring (bicyclic) bond motifs is 1. The highest BCUT2D eigenvalue weighted by atomic mass is 32.2. The third-order valence-corrected chi connectivity index (χ3v) is 6.22. The predicted molar refractivity (Wildman–Crippen MR) is 121 cm³/mol. The summed E-state index contributed by atoms with van der Waals surface area (Å²) in [7, 11) is 0. The van der Waals surface area contributed by atoms with E-state index in [4.69, 9.17) is 4.99 Å². The second-order valence-corrected chi connectivity index (χ2v) is 8.56. The molecular weight excluding hydrogens is 396 g/mol. The Morgan fingerprint density at radius 2 is 2.00 bits per heavy atom. The summed E-state index contributed by atoms with van der Waals surface area (Å²) in [5, 5.41) is 2.92. The van der Waals surface area contributed by atoms with Crippen LogP contribution in [0.3, 0.4) is 0 Å². The summed E-state index contributed by atoms with van der Waals surface area (Å²) >= 11 is 1.62. The van der Waals surface area contributed by atoms with Crippen LogP contribution in [0.1, 0.15) is 24.5 Å². The number of nitrogens with zero attached hydrogens (tertiary/aromatic N) is 3. The molecule has 0 aliphatic carbocycles. The van der Waals surface area contributed by atoms with E-state index in [2.05, 4.69) is 28.4 Å². The molecule has 30 heavy (non-hydrogen) atoms. The molecule has 0 spiro atoms.